The van der Waals surface area contributed by atoms with Crippen molar-refractivity contribution >= 4 is 5.69 Å². The minimum atomic E-state index is -0.362. The predicted octanol–water partition coefficient (Wildman–Crippen LogP) is 1.04. The lowest BCUT2D eigenvalue weighted by Crippen LogP contribution is -2.29. The molecule has 1 aromatic heterocycles. The van der Waals surface area contributed by atoms with Crippen molar-refractivity contribution in [2.75, 3.05) is 11.9 Å². The monoisotopic (exact) mass is 245 g/mol. The molecule has 0 aliphatic rings. The Bertz CT molecular complexity index is 601. The summed E-state index contributed by atoms with van der Waals surface area (Å²) in [5, 5.41) is 3.26. The van der Waals surface area contributed by atoms with Crippen molar-refractivity contribution in [3.05, 3.63) is 63.4 Å². The molecule has 2 N–H and O–H groups in total. The first kappa shape index (κ1) is 12.2. The zero-order chi connectivity index (χ0) is 12.8. The van der Waals surface area contributed by atoms with E-state index in [2.05, 4.69) is 10.3 Å². The van der Waals surface area contributed by atoms with Gasteiger partial charge in [0.2, 0.25) is 0 Å². The van der Waals surface area contributed by atoms with Gasteiger partial charge in [0.05, 0.1) is 0 Å². The lowest BCUT2D eigenvalue weighted by atomic mass is 10.3. The zero-order valence-corrected chi connectivity index (χ0v) is 9.93. The van der Waals surface area contributed by atoms with E-state index in [9.17, 15) is 9.59 Å². The summed E-state index contributed by atoms with van der Waals surface area (Å²) < 4.78 is 1.49. The number of nitrogens with zero attached hydrogens (tertiary/aromatic N) is 1. The van der Waals surface area contributed by atoms with Gasteiger partial charge < -0.3 is 9.88 Å². The third-order valence-corrected chi connectivity index (χ3v) is 2.58. The normalized spacial score (nSPS) is 10.2. The Kier molecular flexibility index (Phi) is 3.96. The van der Waals surface area contributed by atoms with Gasteiger partial charge in [-0.25, -0.2) is 4.79 Å². The molecule has 1 heterocycles. The second kappa shape index (κ2) is 5.86. The van der Waals surface area contributed by atoms with Crippen molar-refractivity contribution in [3.63, 3.8) is 0 Å². The lowest BCUT2D eigenvalue weighted by molar-refractivity contribution is 0.619. The van der Waals surface area contributed by atoms with E-state index in [4.69, 9.17) is 0 Å². The molecular formula is C13H15N3O2. The first-order chi connectivity index (χ1) is 8.75. The molecular weight excluding hydrogens is 230 g/mol. The Balaban J connectivity index is 1.82. The number of aryl methyl sites for hydroxylation is 1. The Morgan fingerprint density at radius 1 is 1.11 bits per heavy atom. The van der Waals surface area contributed by atoms with Crippen LogP contribution in [0.5, 0.6) is 0 Å². The maximum atomic E-state index is 11.4. The fourth-order valence-electron chi connectivity index (χ4n) is 1.66. The summed E-state index contributed by atoms with van der Waals surface area (Å²) in [5.74, 6) is 0. The molecule has 0 aliphatic carbocycles. The minimum Gasteiger partial charge on any atom is -0.385 e. The molecule has 5 heteroatoms. The molecule has 0 spiro atoms. The number of aromatic nitrogens is 2. The van der Waals surface area contributed by atoms with Crippen LogP contribution in [0.1, 0.15) is 6.42 Å². The Morgan fingerprint density at radius 3 is 2.61 bits per heavy atom. The second-order valence-electron chi connectivity index (χ2n) is 3.95. The number of H-pyrrole nitrogens is 1. The van der Waals surface area contributed by atoms with Crippen LogP contribution in [0, 0.1) is 0 Å². The van der Waals surface area contributed by atoms with Gasteiger partial charge in [0.15, 0.2) is 0 Å². The SMILES string of the molecule is O=c1ccn(CCCNc2ccccc2)c(=O)[nH]1. The number of hydrogen-bond acceptors (Lipinski definition) is 3. The highest BCUT2D eigenvalue weighted by molar-refractivity contribution is 5.42. The van der Waals surface area contributed by atoms with Crippen molar-refractivity contribution in [3.8, 4) is 0 Å². The van der Waals surface area contributed by atoms with Crippen LogP contribution in [0.15, 0.2) is 52.2 Å². The van der Waals surface area contributed by atoms with Gasteiger partial charge in [-0.1, -0.05) is 18.2 Å². The molecule has 1 aromatic carbocycles. The molecule has 0 bridgehead atoms. The van der Waals surface area contributed by atoms with Crippen LogP contribution in [-0.2, 0) is 6.54 Å². The van der Waals surface area contributed by atoms with Crippen LogP contribution in [0.4, 0.5) is 5.69 Å². The van der Waals surface area contributed by atoms with Crippen LogP contribution in [0.25, 0.3) is 0 Å². The molecule has 0 fully saturated rings. The largest absolute Gasteiger partial charge is 0.385 e. The summed E-state index contributed by atoms with van der Waals surface area (Å²) in [6, 6.07) is 11.2. The van der Waals surface area contributed by atoms with Crippen molar-refractivity contribution < 1.29 is 0 Å². The van der Waals surface area contributed by atoms with E-state index in [-0.39, 0.29) is 11.2 Å². The van der Waals surface area contributed by atoms with E-state index < -0.39 is 0 Å². The van der Waals surface area contributed by atoms with E-state index >= 15 is 0 Å². The van der Waals surface area contributed by atoms with Crippen molar-refractivity contribution in [1.29, 1.82) is 0 Å². The van der Waals surface area contributed by atoms with E-state index in [1.807, 2.05) is 30.3 Å². The summed E-state index contributed by atoms with van der Waals surface area (Å²) >= 11 is 0. The molecule has 2 aromatic rings. The molecule has 0 amide bonds. The number of rotatable bonds is 5. The number of benzene rings is 1. The van der Waals surface area contributed by atoms with Gasteiger partial charge in [-0.05, 0) is 18.6 Å². The number of para-hydroxylation sites is 1. The van der Waals surface area contributed by atoms with Gasteiger partial charge in [-0.15, -0.1) is 0 Å². The predicted molar refractivity (Wildman–Crippen MR) is 70.9 cm³/mol. The summed E-state index contributed by atoms with van der Waals surface area (Å²) in [6.45, 7) is 1.35. The lowest BCUT2D eigenvalue weighted by Gasteiger charge is -2.07. The van der Waals surface area contributed by atoms with Crippen LogP contribution in [0.3, 0.4) is 0 Å². The van der Waals surface area contributed by atoms with Gasteiger partial charge in [-0.3, -0.25) is 9.78 Å². The van der Waals surface area contributed by atoms with E-state index in [1.54, 1.807) is 0 Å². The Hall–Kier alpha value is -2.30. The highest BCUT2D eigenvalue weighted by Gasteiger charge is 1.96. The summed E-state index contributed by atoms with van der Waals surface area (Å²) in [7, 11) is 0. The minimum absolute atomic E-state index is 0.359. The maximum absolute atomic E-state index is 11.4. The molecule has 0 atom stereocenters. The second-order valence-corrected chi connectivity index (χ2v) is 3.95. The topological polar surface area (TPSA) is 66.9 Å². The molecule has 0 saturated heterocycles. The van der Waals surface area contributed by atoms with Gasteiger partial charge in [0, 0.05) is 31.0 Å². The number of aromatic amines is 1. The zero-order valence-electron chi connectivity index (χ0n) is 9.93. The highest BCUT2D eigenvalue weighted by Crippen LogP contribution is 2.04. The van der Waals surface area contributed by atoms with Gasteiger partial charge in [0.25, 0.3) is 5.56 Å². The molecule has 0 radical (unpaired) electrons. The Labute approximate surface area is 104 Å². The fraction of sp³-hybridized carbons (Fsp3) is 0.231. The molecule has 18 heavy (non-hydrogen) atoms. The molecule has 0 unspecified atom stereocenters. The first-order valence-electron chi connectivity index (χ1n) is 5.84. The fourth-order valence-corrected chi connectivity index (χ4v) is 1.66. The average Bonchev–Trinajstić information content (AvgIpc) is 2.38. The highest BCUT2D eigenvalue weighted by atomic mass is 16.2. The molecule has 0 aliphatic heterocycles. The van der Waals surface area contributed by atoms with E-state index in [0.29, 0.717) is 6.54 Å². The van der Waals surface area contributed by atoms with Crippen molar-refractivity contribution in [1.82, 2.24) is 9.55 Å². The molecule has 94 valence electrons. The number of anilines is 1. The van der Waals surface area contributed by atoms with Crippen LogP contribution < -0.4 is 16.6 Å². The average molecular weight is 245 g/mol. The quantitative estimate of drug-likeness (QED) is 0.773. The third-order valence-electron chi connectivity index (χ3n) is 2.58. The van der Waals surface area contributed by atoms with Crippen molar-refractivity contribution in [2.45, 2.75) is 13.0 Å². The van der Waals surface area contributed by atoms with E-state index in [1.165, 1.54) is 16.8 Å². The summed E-state index contributed by atoms with van der Waals surface area (Å²) in [4.78, 5) is 24.5. The Morgan fingerprint density at radius 2 is 1.89 bits per heavy atom. The van der Waals surface area contributed by atoms with Crippen LogP contribution in [0.2, 0.25) is 0 Å². The summed E-state index contributed by atoms with van der Waals surface area (Å²) in [6.07, 6.45) is 2.32. The molecule has 5 nitrogen and oxygen atoms in total. The maximum Gasteiger partial charge on any atom is 0.328 e. The van der Waals surface area contributed by atoms with Gasteiger partial charge >= 0.3 is 5.69 Å². The standard InChI is InChI=1S/C13H15N3O2/c17-12-7-10-16(13(18)15-12)9-4-8-14-11-5-2-1-3-6-11/h1-3,5-7,10,14H,4,8-9H2,(H,15,17,18). The third kappa shape index (κ3) is 3.35. The molecule has 2 rings (SSSR count). The van der Waals surface area contributed by atoms with Crippen LogP contribution >= 0.6 is 0 Å². The number of hydrogen-bond donors (Lipinski definition) is 2. The number of nitrogens with one attached hydrogen (secondary N) is 2. The van der Waals surface area contributed by atoms with Crippen LogP contribution in [-0.4, -0.2) is 16.1 Å². The summed E-state index contributed by atoms with van der Waals surface area (Å²) in [5.41, 5.74) is 0.340. The first-order valence-corrected chi connectivity index (χ1v) is 5.84. The van der Waals surface area contributed by atoms with Crippen molar-refractivity contribution in [2.24, 2.45) is 0 Å². The van der Waals surface area contributed by atoms with Gasteiger partial charge in [-0.2, -0.15) is 0 Å². The molecule has 0 saturated carbocycles. The van der Waals surface area contributed by atoms with E-state index in [0.717, 1.165) is 18.7 Å². The smallest absolute Gasteiger partial charge is 0.328 e. The van der Waals surface area contributed by atoms with Gasteiger partial charge in [0.1, 0.15) is 0 Å².